The van der Waals surface area contributed by atoms with Gasteiger partial charge >= 0.3 is 7.12 Å². The SMILES string of the molecule is O=C1[C@@H]2[C@@H](CC(COc3ccccc3)=C([C@H](O)CC/C(=C/c3ccc(O)cc3)c3ccccn3)[C@@H]2CO)C(=O)N1c1cccc(B(O)O)c1. The van der Waals surface area contributed by atoms with Crippen molar-refractivity contribution in [3.8, 4) is 11.5 Å². The van der Waals surface area contributed by atoms with Crippen LogP contribution in [0.2, 0.25) is 0 Å². The molecule has 1 aliphatic carbocycles. The molecule has 0 unspecified atom stereocenters. The second-order valence-corrected chi connectivity index (χ2v) is 12.3. The number of aromatic nitrogens is 1. The van der Waals surface area contributed by atoms with Gasteiger partial charge in [0.25, 0.3) is 0 Å². The summed E-state index contributed by atoms with van der Waals surface area (Å²) in [4.78, 5) is 33.5. The van der Waals surface area contributed by atoms with Crippen LogP contribution in [0.5, 0.6) is 11.5 Å². The quantitative estimate of drug-likeness (QED) is 0.0873. The molecule has 4 atom stereocenters. The van der Waals surface area contributed by atoms with Crippen LogP contribution in [0.15, 0.2) is 114 Å². The third-order valence-electron chi connectivity index (χ3n) is 9.24. The van der Waals surface area contributed by atoms with Crippen molar-refractivity contribution in [3.63, 3.8) is 0 Å². The monoisotopic (exact) mass is 660 g/mol. The first-order valence-electron chi connectivity index (χ1n) is 16.2. The number of carbonyl (C=O) groups excluding carboxylic acids is 2. The standard InChI is InChI=1S/C38H37BN2O8/c42-22-32-35(34(44)17-14-25(33-11-4-5-18-40-33)19-24-12-15-29(43)16-13-24)26(23-49-30-9-2-1-3-10-30)20-31-36(32)38(46)41(37(31)45)28-8-6-7-27(21-28)39(47)48/h1-13,15-16,18-19,21,31-32,34,36,42-44,47-48H,14,17,20,22-23H2/b25-19-/t31-,32+,34-,36-/m1/s1. The molecular formula is C38H37BN2O8. The summed E-state index contributed by atoms with van der Waals surface area (Å²) >= 11 is 0. The Kier molecular flexibility index (Phi) is 10.4. The molecule has 2 heterocycles. The van der Waals surface area contributed by atoms with Gasteiger partial charge in [-0.1, -0.05) is 48.5 Å². The van der Waals surface area contributed by atoms with E-state index in [1.807, 2.05) is 42.5 Å². The lowest BCUT2D eigenvalue weighted by Gasteiger charge is -2.36. The molecular weight excluding hydrogens is 623 g/mol. The minimum Gasteiger partial charge on any atom is -0.508 e. The van der Waals surface area contributed by atoms with Gasteiger partial charge in [-0.25, -0.2) is 0 Å². The maximum absolute atomic E-state index is 14.0. The minimum absolute atomic E-state index is 0.0419. The Labute approximate surface area is 284 Å². The van der Waals surface area contributed by atoms with Crippen molar-refractivity contribution >= 4 is 41.7 Å². The minimum atomic E-state index is -1.79. The topological polar surface area (TPSA) is 161 Å². The Morgan fingerprint density at radius 2 is 1.71 bits per heavy atom. The molecule has 250 valence electrons. The average molecular weight is 661 g/mol. The number of benzene rings is 3. The number of fused-ring (bicyclic) bond motifs is 1. The van der Waals surface area contributed by atoms with E-state index in [0.717, 1.165) is 16.0 Å². The summed E-state index contributed by atoms with van der Waals surface area (Å²) in [5, 5.41) is 52.0. The number of phenolic OH excluding ortho intramolecular Hbond substituents is 1. The fourth-order valence-corrected chi connectivity index (χ4v) is 6.90. The molecule has 2 amide bonds. The first-order valence-corrected chi connectivity index (χ1v) is 16.2. The number of allylic oxidation sites excluding steroid dienone is 1. The summed E-state index contributed by atoms with van der Waals surface area (Å²) in [6.45, 7) is -0.443. The number of hydrogen-bond acceptors (Lipinski definition) is 9. The highest BCUT2D eigenvalue weighted by atomic mass is 16.5. The highest BCUT2D eigenvalue weighted by Gasteiger charge is 2.55. The largest absolute Gasteiger partial charge is 0.508 e. The number of pyridine rings is 1. The first kappa shape index (κ1) is 33.8. The molecule has 11 heteroatoms. The Morgan fingerprint density at radius 1 is 0.959 bits per heavy atom. The van der Waals surface area contributed by atoms with Crippen molar-refractivity contribution < 1.29 is 39.7 Å². The fourth-order valence-electron chi connectivity index (χ4n) is 6.90. The number of imide groups is 1. The number of carbonyl (C=O) groups is 2. The highest BCUT2D eigenvalue weighted by Crippen LogP contribution is 2.47. The zero-order valence-electron chi connectivity index (χ0n) is 26.7. The van der Waals surface area contributed by atoms with E-state index >= 15 is 0 Å². The van der Waals surface area contributed by atoms with Crippen molar-refractivity contribution in [1.82, 2.24) is 4.98 Å². The number of hydrogen-bond donors (Lipinski definition) is 5. The Hall–Kier alpha value is -5.07. The lowest BCUT2D eigenvalue weighted by atomic mass is 9.68. The van der Waals surface area contributed by atoms with Crippen LogP contribution in [-0.2, 0) is 9.59 Å². The van der Waals surface area contributed by atoms with Crippen LogP contribution in [0.25, 0.3) is 11.6 Å². The van der Waals surface area contributed by atoms with Gasteiger partial charge in [0.1, 0.15) is 18.1 Å². The molecule has 0 spiro atoms. The Morgan fingerprint density at radius 3 is 2.41 bits per heavy atom. The van der Waals surface area contributed by atoms with Gasteiger partial charge in [-0.2, -0.15) is 0 Å². The number of nitrogens with zero attached hydrogens (tertiary/aromatic N) is 2. The van der Waals surface area contributed by atoms with E-state index in [1.54, 1.807) is 48.7 Å². The van der Waals surface area contributed by atoms with Crippen LogP contribution in [-0.4, -0.2) is 68.6 Å². The van der Waals surface area contributed by atoms with Crippen LogP contribution < -0.4 is 15.1 Å². The van der Waals surface area contributed by atoms with Crippen LogP contribution in [0.4, 0.5) is 5.69 Å². The van der Waals surface area contributed by atoms with Gasteiger partial charge in [0, 0.05) is 12.1 Å². The number of phenols is 1. The number of ether oxygens (including phenoxy) is 1. The first-order chi connectivity index (χ1) is 23.7. The molecule has 49 heavy (non-hydrogen) atoms. The smallest absolute Gasteiger partial charge is 0.488 e. The molecule has 10 nitrogen and oxygen atoms in total. The molecule has 6 rings (SSSR count). The lowest BCUT2D eigenvalue weighted by molar-refractivity contribution is -0.123. The molecule has 5 N–H and O–H groups in total. The summed E-state index contributed by atoms with van der Waals surface area (Å²) < 4.78 is 6.11. The van der Waals surface area contributed by atoms with Crippen LogP contribution in [0.3, 0.4) is 0 Å². The van der Waals surface area contributed by atoms with Gasteiger partial charge in [0.2, 0.25) is 11.8 Å². The summed E-state index contributed by atoms with van der Waals surface area (Å²) in [7, 11) is -1.79. The maximum atomic E-state index is 14.0. The normalized spacial score (nSPS) is 20.0. The number of anilines is 1. The number of amides is 2. The number of para-hydroxylation sites is 1. The highest BCUT2D eigenvalue weighted by molar-refractivity contribution is 6.58. The van der Waals surface area contributed by atoms with Crippen molar-refractivity contribution in [2.75, 3.05) is 18.1 Å². The average Bonchev–Trinajstić information content (AvgIpc) is 3.38. The van der Waals surface area contributed by atoms with Crippen molar-refractivity contribution in [2.45, 2.75) is 25.4 Å². The number of aromatic hydroxyl groups is 1. The zero-order chi connectivity index (χ0) is 34.5. The second-order valence-electron chi connectivity index (χ2n) is 12.3. The molecule has 0 saturated carbocycles. The summed E-state index contributed by atoms with van der Waals surface area (Å²) in [5.74, 6) is -2.85. The van der Waals surface area contributed by atoms with Gasteiger partial charge in [-0.3, -0.25) is 19.5 Å². The molecule has 1 fully saturated rings. The van der Waals surface area contributed by atoms with E-state index in [2.05, 4.69) is 4.98 Å². The Balaban J connectivity index is 1.33. The molecule has 1 aromatic heterocycles. The van der Waals surface area contributed by atoms with E-state index < -0.39 is 49.4 Å². The van der Waals surface area contributed by atoms with Crippen LogP contribution in [0.1, 0.15) is 30.5 Å². The van der Waals surface area contributed by atoms with Gasteiger partial charge < -0.3 is 30.1 Å². The van der Waals surface area contributed by atoms with E-state index in [0.29, 0.717) is 29.0 Å². The van der Waals surface area contributed by atoms with Crippen molar-refractivity contribution in [3.05, 3.63) is 126 Å². The summed E-state index contributed by atoms with van der Waals surface area (Å²) in [6.07, 6.45) is 3.28. The predicted molar refractivity (Wildman–Crippen MR) is 185 cm³/mol. The maximum Gasteiger partial charge on any atom is 0.488 e. The fraction of sp³-hybridized carbons (Fsp3) is 0.237. The van der Waals surface area contributed by atoms with E-state index in [1.165, 1.54) is 18.2 Å². The molecule has 4 aromatic rings. The van der Waals surface area contributed by atoms with Gasteiger partial charge in [-0.15, -0.1) is 0 Å². The summed E-state index contributed by atoms with van der Waals surface area (Å²) in [6, 6.07) is 27.4. The van der Waals surface area contributed by atoms with Gasteiger partial charge in [-0.05, 0) is 102 Å². The predicted octanol–water partition coefficient (Wildman–Crippen LogP) is 3.34. The third-order valence-corrected chi connectivity index (χ3v) is 9.24. The molecule has 0 bridgehead atoms. The van der Waals surface area contributed by atoms with Crippen molar-refractivity contribution in [2.24, 2.45) is 17.8 Å². The van der Waals surface area contributed by atoms with Gasteiger partial charge in [0.15, 0.2) is 0 Å². The van der Waals surface area contributed by atoms with E-state index in [9.17, 15) is 35.0 Å². The Bertz CT molecular complexity index is 1850. The second kappa shape index (κ2) is 15.0. The van der Waals surface area contributed by atoms with E-state index in [-0.39, 0.29) is 36.3 Å². The van der Waals surface area contributed by atoms with E-state index in [4.69, 9.17) is 4.74 Å². The molecule has 1 saturated heterocycles. The van der Waals surface area contributed by atoms with Gasteiger partial charge in [0.05, 0.1) is 35.9 Å². The number of rotatable bonds is 12. The van der Waals surface area contributed by atoms with Crippen LogP contribution >= 0.6 is 0 Å². The van der Waals surface area contributed by atoms with Crippen LogP contribution in [0, 0.1) is 17.8 Å². The molecule has 0 radical (unpaired) electrons. The lowest BCUT2D eigenvalue weighted by Crippen LogP contribution is -2.40. The third kappa shape index (κ3) is 7.35. The number of aliphatic hydroxyl groups is 2. The molecule has 2 aliphatic rings. The zero-order valence-corrected chi connectivity index (χ0v) is 26.7. The molecule has 1 aliphatic heterocycles. The molecule has 3 aromatic carbocycles. The summed E-state index contributed by atoms with van der Waals surface area (Å²) in [5.41, 5.74) is 3.84. The number of aliphatic hydroxyl groups excluding tert-OH is 2. The van der Waals surface area contributed by atoms with Crippen molar-refractivity contribution in [1.29, 1.82) is 0 Å².